The van der Waals surface area contributed by atoms with Crippen molar-refractivity contribution in [1.29, 1.82) is 0 Å². The molecule has 1 unspecified atom stereocenters. The Morgan fingerprint density at radius 3 is 2.86 bits per heavy atom. The van der Waals surface area contributed by atoms with Crippen molar-refractivity contribution in [2.75, 3.05) is 19.6 Å². The second kappa shape index (κ2) is 6.43. The SMILES string of the molecule is CCN1CCCC1CNS(=O)(=O)c1cc(C)c(C(=O)O)s1. The molecule has 0 aliphatic carbocycles. The molecule has 0 amide bonds. The Morgan fingerprint density at radius 2 is 2.29 bits per heavy atom. The van der Waals surface area contributed by atoms with Crippen molar-refractivity contribution >= 4 is 27.3 Å². The molecule has 0 saturated carbocycles. The summed E-state index contributed by atoms with van der Waals surface area (Å²) in [6.07, 6.45) is 2.07. The van der Waals surface area contributed by atoms with E-state index in [0.717, 1.165) is 37.3 Å². The highest BCUT2D eigenvalue weighted by molar-refractivity contribution is 7.91. The number of carbonyl (C=O) groups is 1. The van der Waals surface area contributed by atoms with Crippen LogP contribution in [0.1, 0.15) is 35.0 Å². The third-order valence-corrected chi connectivity index (χ3v) is 6.89. The summed E-state index contributed by atoms with van der Waals surface area (Å²) in [5.74, 6) is -1.09. The number of aromatic carboxylic acids is 1. The first-order valence-electron chi connectivity index (χ1n) is 6.92. The van der Waals surface area contributed by atoms with Gasteiger partial charge in [0, 0.05) is 12.6 Å². The first-order valence-corrected chi connectivity index (χ1v) is 9.22. The van der Waals surface area contributed by atoms with Crippen LogP contribution in [0.15, 0.2) is 10.3 Å². The molecule has 2 heterocycles. The van der Waals surface area contributed by atoms with Crippen LogP contribution in [0.4, 0.5) is 0 Å². The Hall–Kier alpha value is -0.960. The second-order valence-electron chi connectivity index (χ2n) is 5.16. The molecular formula is C13H20N2O4S2. The molecule has 8 heteroatoms. The normalized spacial score (nSPS) is 20.0. The zero-order valence-corrected chi connectivity index (χ0v) is 13.8. The number of likely N-dealkylation sites (tertiary alicyclic amines) is 1. The Morgan fingerprint density at radius 1 is 1.57 bits per heavy atom. The van der Waals surface area contributed by atoms with Gasteiger partial charge in [-0.3, -0.25) is 4.90 Å². The van der Waals surface area contributed by atoms with E-state index < -0.39 is 16.0 Å². The van der Waals surface area contributed by atoms with Gasteiger partial charge in [-0.1, -0.05) is 6.92 Å². The lowest BCUT2D eigenvalue weighted by Gasteiger charge is -2.22. The van der Waals surface area contributed by atoms with Gasteiger partial charge < -0.3 is 5.11 Å². The number of carboxylic acid groups (broad SMARTS) is 1. The van der Waals surface area contributed by atoms with E-state index in [0.29, 0.717) is 12.1 Å². The van der Waals surface area contributed by atoms with Crippen molar-refractivity contribution < 1.29 is 18.3 Å². The minimum Gasteiger partial charge on any atom is -0.477 e. The van der Waals surface area contributed by atoms with Gasteiger partial charge in [-0.25, -0.2) is 17.9 Å². The van der Waals surface area contributed by atoms with E-state index in [1.54, 1.807) is 6.92 Å². The summed E-state index contributed by atoms with van der Waals surface area (Å²) >= 11 is 0.800. The number of hydrogen-bond donors (Lipinski definition) is 2. The first kappa shape index (κ1) is 16.4. The van der Waals surface area contributed by atoms with E-state index in [1.807, 2.05) is 0 Å². The average Bonchev–Trinajstić information content (AvgIpc) is 3.02. The highest BCUT2D eigenvalue weighted by Gasteiger charge is 2.26. The second-order valence-corrected chi connectivity index (χ2v) is 8.21. The molecule has 0 aromatic carbocycles. The predicted octanol–water partition coefficient (Wildman–Crippen LogP) is 1.52. The lowest BCUT2D eigenvalue weighted by molar-refractivity contribution is 0.0701. The fourth-order valence-electron chi connectivity index (χ4n) is 2.62. The molecule has 0 spiro atoms. The van der Waals surface area contributed by atoms with Crippen LogP contribution in [0.5, 0.6) is 0 Å². The van der Waals surface area contributed by atoms with Crippen LogP contribution < -0.4 is 4.72 Å². The van der Waals surface area contributed by atoms with Crippen LogP contribution in [-0.2, 0) is 10.0 Å². The minimum absolute atomic E-state index is 0.0680. The van der Waals surface area contributed by atoms with Gasteiger partial charge in [-0.15, -0.1) is 11.3 Å². The molecule has 0 bridgehead atoms. The molecule has 0 radical (unpaired) electrons. The predicted molar refractivity (Wildman–Crippen MR) is 81.5 cm³/mol. The van der Waals surface area contributed by atoms with Gasteiger partial charge in [0.15, 0.2) is 0 Å². The smallest absolute Gasteiger partial charge is 0.346 e. The number of likely N-dealkylation sites (N-methyl/N-ethyl adjacent to an activating group) is 1. The fourth-order valence-corrected chi connectivity index (χ4v) is 5.11. The third kappa shape index (κ3) is 3.63. The highest BCUT2D eigenvalue weighted by atomic mass is 32.2. The first-order chi connectivity index (χ1) is 9.85. The van der Waals surface area contributed by atoms with Crippen molar-refractivity contribution in [3.8, 4) is 0 Å². The largest absolute Gasteiger partial charge is 0.477 e. The Kier molecular flexibility index (Phi) is 5.03. The summed E-state index contributed by atoms with van der Waals surface area (Å²) in [5, 5.41) is 9.00. The molecule has 118 valence electrons. The molecular weight excluding hydrogens is 312 g/mol. The molecule has 1 aliphatic heterocycles. The lowest BCUT2D eigenvalue weighted by atomic mass is 10.2. The number of aryl methyl sites for hydroxylation is 1. The van der Waals surface area contributed by atoms with Gasteiger partial charge >= 0.3 is 5.97 Å². The van der Waals surface area contributed by atoms with Crippen molar-refractivity contribution in [3.05, 3.63) is 16.5 Å². The zero-order chi connectivity index (χ0) is 15.6. The van der Waals surface area contributed by atoms with Crippen molar-refractivity contribution in [2.45, 2.75) is 36.9 Å². The van der Waals surface area contributed by atoms with Gasteiger partial charge in [-0.2, -0.15) is 0 Å². The van der Waals surface area contributed by atoms with Crippen LogP contribution in [0.3, 0.4) is 0 Å². The van der Waals surface area contributed by atoms with Crippen molar-refractivity contribution in [2.24, 2.45) is 0 Å². The van der Waals surface area contributed by atoms with Gasteiger partial charge in [0.25, 0.3) is 0 Å². The maximum Gasteiger partial charge on any atom is 0.346 e. The molecule has 1 fully saturated rings. The van der Waals surface area contributed by atoms with Crippen LogP contribution in [-0.4, -0.2) is 50.1 Å². The molecule has 1 saturated heterocycles. The molecule has 2 rings (SSSR count). The summed E-state index contributed by atoms with van der Waals surface area (Å²) in [7, 11) is -3.64. The summed E-state index contributed by atoms with van der Waals surface area (Å²) in [5.41, 5.74) is 0.476. The number of nitrogens with zero attached hydrogens (tertiary/aromatic N) is 1. The Bertz CT molecular complexity index is 624. The monoisotopic (exact) mass is 332 g/mol. The molecule has 1 aromatic heterocycles. The molecule has 1 aliphatic rings. The van der Waals surface area contributed by atoms with Crippen LogP contribution in [0.2, 0.25) is 0 Å². The molecule has 2 N–H and O–H groups in total. The van der Waals surface area contributed by atoms with E-state index in [9.17, 15) is 13.2 Å². The van der Waals surface area contributed by atoms with E-state index >= 15 is 0 Å². The van der Waals surface area contributed by atoms with Crippen LogP contribution in [0.25, 0.3) is 0 Å². The Balaban J connectivity index is 2.08. The summed E-state index contributed by atoms with van der Waals surface area (Å²) in [4.78, 5) is 13.3. The third-order valence-electron chi connectivity index (χ3n) is 3.77. The number of nitrogens with one attached hydrogen (secondary N) is 1. The summed E-state index contributed by atoms with van der Waals surface area (Å²) in [6, 6.07) is 1.65. The quantitative estimate of drug-likeness (QED) is 0.825. The standard InChI is InChI=1S/C13H20N2O4S2/c1-3-15-6-4-5-10(15)8-14-21(18,19)11-7-9(2)12(20-11)13(16)17/h7,10,14H,3-6,8H2,1-2H3,(H,16,17). The minimum atomic E-state index is -3.64. The number of sulfonamides is 1. The Labute approximate surface area is 128 Å². The zero-order valence-electron chi connectivity index (χ0n) is 12.1. The number of thiophene rings is 1. The number of hydrogen-bond acceptors (Lipinski definition) is 5. The number of carboxylic acids is 1. The maximum atomic E-state index is 12.3. The van der Waals surface area contributed by atoms with Gasteiger partial charge in [0.05, 0.1) is 0 Å². The van der Waals surface area contributed by atoms with Crippen molar-refractivity contribution in [3.63, 3.8) is 0 Å². The van der Waals surface area contributed by atoms with E-state index in [-0.39, 0.29) is 15.1 Å². The van der Waals surface area contributed by atoms with Gasteiger partial charge in [0.2, 0.25) is 10.0 Å². The van der Waals surface area contributed by atoms with E-state index in [4.69, 9.17) is 5.11 Å². The molecule has 1 aromatic rings. The average molecular weight is 332 g/mol. The van der Waals surface area contributed by atoms with E-state index in [2.05, 4.69) is 16.5 Å². The van der Waals surface area contributed by atoms with Gasteiger partial charge in [-0.05, 0) is 44.5 Å². The van der Waals surface area contributed by atoms with Gasteiger partial charge in [0.1, 0.15) is 9.09 Å². The van der Waals surface area contributed by atoms with Crippen molar-refractivity contribution in [1.82, 2.24) is 9.62 Å². The highest BCUT2D eigenvalue weighted by Crippen LogP contribution is 2.26. The fraction of sp³-hybridized carbons (Fsp3) is 0.615. The van der Waals surface area contributed by atoms with Crippen LogP contribution in [0, 0.1) is 6.92 Å². The topological polar surface area (TPSA) is 86.7 Å². The van der Waals surface area contributed by atoms with E-state index in [1.165, 1.54) is 6.07 Å². The maximum absolute atomic E-state index is 12.3. The summed E-state index contributed by atoms with van der Waals surface area (Å²) in [6.45, 7) is 5.96. The summed E-state index contributed by atoms with van der Waals surface area (Å²) < 4.78 is 27.2. The molecule has 21 heavy (non-hydrogen) atoms. The number of rotatable bonds is 6. The lowest BCUT2D eigenvalue weighted by Crippen LogP contribution is -2.39. The molecule has 1 atom stereocenters. The van der Waals surface area contributed by atoms with Crippen LogP contribution >= 0.6 is 11.3 Å². The molecule has 6 nitrogen and oxygen atoms in total.